The van der Waals surface area contributed by atoms with Gasteiger partial charge in [0.25, 0.3) is 11.8 Å². The molecular formula is C20H17BrN6O4. The summed E-state index contributed by atoms with van der Waals surface area (Å²) in [6.07, 6.45) is -0.0437. The van der Waals surface area contributed by atoms with Gasteiger partial charge in [-0.3, -0.25) is 19.3 Å². The maximum Gasteiger partial charge on any atom is 0.261 e. The first-order valence-electron chi connectivity index (χ1n) is 9.28. The summed E-state index contributed by atoms with van der Waals surface area (Å²) in [5, 5.41) is 14.2. The van der Waals surface area contributed by atoms with E-state index >= 15 is 0 Å². The number of nitrogens with zero attached hydrogens (tertiary/aromatic N) is 5. The van der Waals surface area contributed by atoms with E-state index in [9.17, 15) is 14.4 Å². The van der Waals surface area contributed by atoms with Crippen molar-refractivity contribution >= 4 is 39.3 Å². The van der Waals surface area contributed by atoms with Gasteiger partial charge in [-0.2, -0.15) is 4.68 Å². The van der Waals surface area contributed by atoms with Gasteiger partial charge in [0.1, 0.15) is 11.4 Å². The fourth-order valence-electron chi connectivity index (χ4n) is 3.29. The zero-order valence-corrected chi connectivity index (χ0v) is 18.2. The molecule has 0 saturated carbocycles. The highest BCUT2D eigenvalue weighted by Gasteiger charge is 2.35. The lowest BCUT2D eigenvalue weighted by molar-refractivity contribution is -0.116. The van der Waals surface area contributed by atoms with Crippen LogP contribution >= 0.6 is 15.9 Å². The first-order valence-corrected chi connectivity index (χ1v) is 10.1. The summed E-state index contributed by atoms with van der Waals surface area (Å²) in [7, 11) is 1.53. The number of ether oxygens (including phenoxy) is 1. The first-order chi connectivity index (χ1) is 14.9. The Bertz CT molecular complexity index is 1210. The van der Waals surface area contributed by atoms with E-state index in [1.54, 1.807) is 43.3 Å². The van der Waals surface area contributed by atoms with E-state index in [0.717, 1.165) is 4.90 Å². The number of carbonyl (C=O) groups excluding carboxylic acids is 3. The molecule has 0 spiro atoms. The number of anilines is 1. The Labute approximate surface area is 185 Å². The molecule has 0 fully saturated rings. The van der Waals surface area contributed by atoms with Crippen LogP contribution < -0.4 is 10.1 Å². The minimum atomic E-state index is -0.407. The van der Waals surface area contributed by atoms with Crippen molar-refractivity contribution in [3.8, 4) is 11.4 Å². The SMILES string of the molecule is COc1ccc(NC(=O)CCN2C(=O)c3ccc(Br)cc3C2=O)cc1-n1nnnc1C. The highest BCUT2D eigenvalue weighted by atomic mass is 79.9. The quantitative estimate of drug-likeness (QED) is 0.533. The van der Waals surface area contributed by atoms with Crippen LogP contribution in [0.25, 0.3) is 5.69 Å². The summed E-state index contributed by atoms with van der Waals surface area (Å²) in [5.41, 5.74) is 1.73. The Balaban J connectivity index is 1.45. The number of tetrazole rings is 1. The lowest BCUT2D eigenvalue weighted by atomic mass is 10.1. The maximum absolute atomic E-state index is 12.5. The molecule has 2 aromatic carbocycles. The number of halogens is 1. The van der Waals surface area contributed by atoms with Crippen molar-refractivity contribution in [2.24, 2.45) is 0 Å². The third-order valence-corrected chi connectivity index (χ3v) is 5.30. The number of fused-ring (bicyclic) bond motifs is 1. The maximum atomic E-state index is 12.5. The lowest BCUT2D eigenvalue weighted by Crippen LogP contribution is -2.32. The molecule has 10 nitrogen and oxygen atoms in total. The highest BCUT2D eigenvalue weighted by Crippen LogP contribution is 2.28. The average Bonchev–Trinajstić information content (AvgIpc) is 3.27. The molecule has 1 N–H and O–H groups in total. The van der Waals surface area contributed by atoms with E-state index in [1.165, 1.54) is 11.8 Å². The molecule has 1 aromatic heterocycles. The molecule has 4 rings (SSSR count). The normalized spacial score (nSPS) is 12.8. The van der Waals surface area contributed by atoms with Crippen LogP contribution in [0.2, 0.25) is 0 Å². The molecule has 0 unspecified atom stereocenters. The summed E-state index contributed by atoms with van der Waals surface area (Å²) < 4.78 is 7.55. The molecule has 1 aliphatic rings. The molecule has 1 aliphatic heterocycles. The summed E-state index contributed by atoms with van der Waals surface area (Å²) >= 11 is 3.30. The van der Waals surface area contributed by atoms with E-state index in [4.69, 9.17) is 4.74 Å². The largest absolute Gasteiger partial charge is 0.494 e. The van der Waals surface area contributed by atoms with Crippen LogP contribution in [-0.4, -0.2) is 56.5 Å². The van der Waals surface area contributed by atoms with Crippen LogP contribution in [-0.2, 0) is 4.79 Å². The predicted molar refractivity (Wildman–Crippen MR) is 113 cm³/mol. The van der Waals surface area contributed by atoms with Gasteiger partial charge in [0.05, 0.1) is 18.2 Å². The fourth-order valence-corrected chi connectivity index (χ4v) is 3.65. The number of aryl methyl sites for hydroxylation is 1. The van der Waals surface area contributed by atoms with Crippen LogP contribution in [0.1, 0.15) is 33.0 Å². The van der Waals surface area contributed by atoms with Gasteiger partial charge in [0.15, 0.2) is 5.82 Å². The molecule has 3 aromatic rings. The van der Waals surface area contributed by atoms with Gasteiger partial charge in [0, 0.05) is 23.1 Å². The zero-order valence-electron chi connectivity index (χ0n) is 16.6. The third-order valence-electron chi connectivity index (χ3n) is 4.81. The van der Waals surface area contributed by atoms with Crippen molar-refractivity contribution in [2.75, 3.05) is 19.0 Å². The fraction of sp³-hybridized carbons (Fsp3) is 0.200. The van der Waals surface area contributed by atoms with Crippen LogP contribution in [0.4, 0.5) is 5.69 Å². The van der Waals surface area contributed by atoms with Crippen molar-refractivity contribution in [2.45, 2.75) is 13.3 Å². The number of imide groups is 1. The molecule has 0 bridgehead atoms. The number of benzene rings is 2. The number of carbonyl (C=O) groups is 3. The number of nitrogens with one attached hydrogen (secondary N) is 1. The third kappa shape index (κ3) is 3.91. The van der Waals surface area contributed by atoms with Crippen molar-refractivity contribution in [3.05, 3.63) is 57.8 Å². The van der Waals surface area contributed by atoms with E-state index in [2.05, 4.69) is 36.8 Å². The van der Waals surface area contributed by atoms with Crippen LogP contribution in [0, 0.1) is 6.92 Å². The lowest BCUT2D eigenvalue weighted by Gasteiger charge is -2.14. The minimum absolute atomic E-state index is 0.0229. The molecule has 3 amide bonds. The van der Waals surface area contributed by atoms with E-state index in [0.29, 0.717) is 38.5 Å². The van der Waals surface area contributed by atoms with Crippen molar-refractivity contribution < 1.29 is 19.1 Å². The topological polar surface area (TPSA) is 119 Å². The number of aromatic nitrogens is 4. The summed E-state index contributed by atoms with van der Waals surface area (Å²) in [6.45, 7) is 1.72. The van der Waals surface area contributed by atoms with E-state index < -0.39 is 11.8 Å². The Hall–Kier alpha value is -3.60. The van der Waals surface area contributed by atoms with E-state index in [1.807, 2.05) is 0 Å². The van der Waals surface area contributed by atoms with Gasteiger partial charge in [-0.05, 0) is 53.7 Å². The van der Waals surface area contributed by atoms with Crippen LogP contribution in [0.5, 0.6) is 5.75 Å². The standard InChI is InChI=1S/C20H17BrN6O4/c1-11-23-24-25-27(11)16-10-13(4-6-17(16)31-2)22-18(28)7-8-26-19(29)14-5-3-12(21)9-15(14)20(26)30/h3-6,9-10H,7-8H2,1-2H3,(H,22,28). The van der Waals surface area contributed by atoms with Crippen LogP contribution in [0.3, 0.4) is 0 Å². The monoisotopic (exact) mass is 484 g/mol. The van der Waals surface area contributed by atoms with Gasteiger partial charge in [0.2, 0.25) is 5.91 Å². The molecule has 11 heteroatoms. The van der Waals surface area contributed by atoms with Crippen LogP contribution in [0.15, 0.2) is 40.9 Å². The van der Waals surface area contributed by atoms with Crippen molar-refractivity contribution in [1.29, 1.82) is 0 Å². The Kier molecular flexibility index (Phi) is 5.51. The Morgan fingerprint density at radius 3 is 2.61 bits per heavy atom. The second kappa shape index (κ2) is 8.26. The Morgan fingerprint density at radius 1 is 1.13 bits per heavy atom. The van der Waals surface area contributed by atoms with Gasteiger partial charge in [-0.1, -0.05) is 15.9 Å². The van der Waals surface area contributed by atoms with Gasteiger partial charge in [-0.15, -0.1) is 5.10 Å². The predicted octanol–water partition coefficient (Wildman–Crippen LogP) is 2.37. The van der Waals surface area contributed by atoms with Crippen molar-refractivity contribution in [3.63, 3.8) is 0 Å². The summed E-state index contributed by atoms with van der Waals surface area (Å²) in [5.74, 6) is -0.0666. The second-order valence-corrected chi connectivity index (χ2v) is 7.69. The molecule has 0 saturated heterocycles. The number of methoxy groups -OCH3 is 1. The molecular weight excluding hydrogens is 468 g/mol. The number of hydrogen-bond donors (Lipinski definition) is 1. The van der Waals surface area contributed by atoms with Gasteiger partial charge < -0.3 is 10.1 Å². The van der Waals surface area contributed by atoms with Gasteiger partial charge >= 0.3 is 0 Å². The van der Waals surface area contributed by atoms with E-state index in [-0.39, 0.29) is 18.9 Å². The van der Waals surface area contributed by atoms with Gasteiger partial charge in [-0.25, -0.2) is 0 Å². The number of rotatable bonds is 6. The minimum Gasteiger partial charge on any atom is -0.494 e. The number of amides is 3. The summed E-state index contributed by atoms with van der Waals surface area (Å²) in [6, 6.07) is 9.95. The second-order valence-electron chi connectivity index (χ2n) is 6.77. The summed E-state index contributed by atoms with van der Waals surface area (Å²) in [4.78, 5) is 38.6. The van der Waals surface area contributed by atoms with Crippen molar-refractivity contribution in [1.82, 2.24) is 25.1 Å². The zero-order chi connectivity index (χ0) is 22.1. The number of hydrogen-bond acceptors (Lipinski definition) is 7. The first kappa shape index (κ1) is 20.7. The average molecular weight is 485 g/mol. The smallest absolute Gasteiger partial charge is 0.261 e. The molecule has 0 atom stereocenters. The molecule has 31 heavy (non-hydrogen) atoms. The molecule has 2 heterocycles. The molecule has 0 radical (unpaired) electrons. The highest BCUT2D eigenvalue weighted by molar-refractivity contribution is 9.10. The Morgan fingerprint density at radius 2 is 1.90 bits per heavy atom. The molecule has 0 aliphatic carbocycles. The molecule has 158 valence electrons.